The number of nitrogens with zero attached hydrogens (tertiary/aromatic N) is 1. The first kappa shape index (κ1) is 19.2. The monoisotopic (exact) mass is 397 g/mol. The van der Waals surface area contributed by atoms with Crippen molar-refractivity contribution in [2.45, 2.75) is 31.7 Å². The molecule has 0 spiro atoms. The van der Waals surface area contributed by atoms with Gasteiger partial charge in [0.2, 0.25) is 0 Å². The van der Waals surface area contributed by atoms with Crippen LogP contribution in [0.2, 0.25) is 5.02 Å². The lowest BCUT2D eigenvalue weighted by molar-refractivity contribution is -0.142. The highest BCUT2D eigenvalue weighted by molar-refractivity contribution is 7.99. The number of hydrogen-bond donors (Lipinski definition) is 3. The van der Waals surface area contributed by atoms with Crippen LogP contribution in [0.3, 0.4) is 0 Å². The van der Waals surface area contributed by atoms with E-state index in [1.165, 1.54) is 0 Å². The minimum atomic E-state index is -0.740. The van der Waals surface area contributed by atoms with Crippen LogP contribution in [-0.2, 0) is 4.79 Å². The van der Waals surface area contributed by atoms with E-state index in [1.54, 1.807) is 6.07 Å². The minimum Gasteiger partial charge on any atom is -0.481 e. The summed E-state index contributed by atoms with van der Waals surface area (Å²) in [4.78, 5) is 25.7. The van der Waals surface area contributed by atoms with E-state index in [0.717, 1.165) is 30.3 Å². The maximum Gasteiger partial charge on any atom is 0.319 e. The predicted molar refractivity (Wildman–Crippen MR) is 107 cm³/mol. The first-order valence-electron chi connectivity index (χ1n) is 8.95. The Labute approximate surface area is 162 Å². The average Bonchev–Trinajstić information content (AvgIpc) is 2.63. The molecule has 0 radical (unpaired) electrons. The normalized spacial score (nSPS) is 23.3. The van der Waals surface area contributed by atoms with Crippen molar-refractivity contribution >= 4 is 46.7 Å². The van der Waals surface area contributed by atoms with Crippen molar-refractivity contribution in [3.05, 3.63) is 23.2 Å². The number of hydrogen-bond acceptors (Lipinski definition) is 4. The van der Waals surface area contributed by atoms with Gasteiger partial charge in [0.05, 0.1) is 17.3 Å². The van der Waals surface area contributed by atoms with Crippen molar-refractivity contribution in [3.8, 4) is 0 Å². The standard InChI is InChI=1S/C18H24ClN3O3S/c19-13-3-6-16(22-7-9-26-10-8-22)15(11-13)21-18(25)20-14-4-1-12(2-5-14)17(23)24/h3,6,11-12,14H,1-2,4-5,7-10H2,(H,23,24)(H2,20,21,25). The quantitative estimate of drug-likeness (QED) is 0.722. The number of nitrogens with one attached hydrogen (secondary N) is 2. The second-order valence-corrected chi connectivity index (χ2v) is 8.41. The van der Waals surface area contributed by atoms with Crippen molar-refractivity contribution in [1.29, 1.82) is 0 Å². The predicted octanol–water partition coefficient (Wildman–Crippen LogP) is 3.66. The van der Waals surface area contributed by atoms with E-state index in [0.29, 0.717) is 36.4 Å². The average molecular weight is 398 g/mol. The van der Waals surface area contributed by atoms with Gasteiger partial charge in [0.25, 0.3) is 0 Å². The second-order valence-electron chi connectivity index (χ2n) is 6.75. The highest BCUT2D eigenvalue weighted by atomic mass is 35.5. The Morgan fingerprint density at radius 3 is 2.50 bits per heavy atom. The molecular formula is C18H24ClN3O3S. The molecule has 1 aliphatic heterocycles. The van der Waals surface area contributed by atoms with Crippen molar-refractivity contribution in [3.63, 3.8) is 0 Å². The van der Waals surface area contributed by atoms with Gasteiger partial charge < -0.3 is 20.6 Å². The summed E-state index contributed by atoms with van der Waals surface area (Å²) in [5.41, 5.74) is 1.69. The lowest BCUT2D eigenvalue weighted by Crippen LogP contribution is -2.41. The van der Waals surface area contributed by atoms with Crippen LogP contribution in [-0.4, -0.2) is 47.7 Å². The van der Waals surface area contributed by atoms with Gasteiger partial charge in [0.15, 0.2) is 0 Å². The number of carbonyl (C=O) groups is 2. The van der Waals surface area contributed by atoms with Crippen molar-refractivity contribution < 1.29 is 14.7 Å². The third-order valence-electron chi connectivity index (χ3n) is 4.97. The third-order valence-corrected chi connectivity index (χ3v) is 6.15. The molecule has 3 N–H and O–H groups in total. The van der Waals surface area contributed by atoms with Gasteiger partial charge >= 0.3 is 12.0 Å². The van der Waals surface area contributed by atoms with Crippen molar-refractivity contribution in [2.24, 2.45) is 5.92 Å². The molecule has 2 amide bonds. The summed E-state index contributed by atoms with van der Waals surface area (Å²) in [7, 11) is 0. The van der Waals surface area contributed by atoms with Crippen LogP contribution in [0, 0.1) is 5.92 Å². The zero-order valence-corrected chi connectivity index (χ0v) is 16.1. The van der Waals surface area contributed by atoms with E-state index in [-0.39, 0.29) is 18.0 Å². The molecule has 1 aliphatic carbocycles. The number of anilines is 2. The Morgan fingerprint density at radius 2 is 1.85 bits per heavy atom. The van der Waals surface area contributed by atoms with E-state index in [9.17, 15) is 9.59 Å². The van der Waals surface area contributed by atoms with Crippen LogP contribution < -0.4 is 15.5 Å². The number of aliphatic carboxylic acids is 1. The van der Waals surface area contributed by atoms with Gasteiger partial charge in [0, 0.05) is 35.7 Å². The van der Waals surface area contributed by atoms with Gasteiger partial charge in [-0.2, -0.15) is 11.8 Å². The SMILES string of the molecule is O=C(Nc1cc(Cl)ccc1N1CCSCC1)NC1CCC(C(=O)O)CC1. The molecule has 2 fully saturated rings. The Hall–Kier alpha value is -1.60. The zero-order valence-electron chi connectivity index (χ0n) is 14.5. The summed E-state index contributed by atoms with van der Waals surface area (Å²) in [6.45, 7) is 1.89. The fraction of sp³-hybridized carbons (Fsp3) is 0.556. The number of halogens is 1. The summed E-state index contributed by atoms with van der Waals surface area (Å²) in [6, 6.07) is 5.32. The number of amides is 2. The van der Waals surface area contributed by atoms with E-state index in [4.69, 9.17) is 16.7 Å². The fourth-order valence-electron chi connectivity index (χ4n) is 3.52. The largest absolute Gasteiger partial charge is 0.481 e. The number of carboxylic acid groups (broad SMARTS) is 1. The number of carbonyl (C=O) groups excluding carboxylic acids is 1. The van der Waals surface area contributed by atoms with Gasteiger partial charge in [0.1, 0.15) is 0 Å². The first-order chi connectivity index (χ1) is 12.5. The topological polar surface area (TPSA) is 81.7 Å². The molecule has 0 aromatic heterocycles. The molecule has 1 aromatic rings. The molecule has 3 rings (SSSR count). The van der Waals surface area contributed by atoms with Crippen LogP contribution >= 0.6 is 23.4 Å². The number of urea groups is 1. The van der Waals surface area contributed by atoms with E-state index < -0.39 is 5.97 Å². The molecule has 6 nitrogen and oxygen atoms in total. The molecule has 1 heterocycles. The highest BCUT2D eigenvalue weighted by Crippen LogP contribution is 2.31. The Balaban J connectivity index is 1.60. The summed E-state index contributed by atoms with van der Waals surface area (Å²) < 4.78 is 0. The molecule has 8 heteroatoms. The van der Waals surface area contributed by atoms with E-state index in [2.05, 4.69) is 15.5 Å². The van der Waals surface area contributed by atoms with Crippen molar-refractivity contribution in [1.82, 2.24) is 5.32 Å². The molecule has 1 saturated carbocycles. The van der Waals surface area contributed by atoms with Crippen LogP contribution in [0.25, 0.3) is 0 Å². The molecule has 0 unspecified atom stereocenters. The van der Waals surface area contributed by atoms with Gasteiger partial charge in [-0.05, 0) is 43.9 Å². The zero-order chi connectivity index (χ0) is 18.5. The second kappa shape index (κ2) is 8.86. The Bertz CT molecular complexity index is 659. The fourth-order valence-corrected chi connectivity index (χ4v) is 4.59. The molecule has 26 heavy (non-hydrogen) atoms. The van der Waals surface area contributed by atoms with Gasteiger partial charge in [-0.1, -0.05) is 11.6 Å². The number of thioether (sulfide) groups is 1. The van der Waals surface area contributed by atoms with Crippen molar-refractivity contribution in [2.75, 3.05) is 34.8 Å². The highest BCUT2D eigenvalue weighted by Gasteiger charge is 2.27. The summed E-state index contributed by atoms with van der Waals surface area (Å²) in [6.07, 6.45) is 2.59. The number of benzene rings is 1. The Morgan fingerprint density at radius 1 is 1.15 bits per heavy atom. The van der Waals surface area contributed by atoms with Gasteiger partial charge in [-0.15, -0.1) is 0 Å². The lowest BCUT2D eigenvalue weighted by Gasteiger charge is -2.31. The maximum atomic E-state index is 12.4. The number of rotatable bonds is 4. The summed E-state index contributed by atoms with van der Waals surface area (Å²) in [5, 5.41) is 15.5. The molecule has 0 bridgehead atoms. The maximum absolute atomic E-state index is 12.4. The van der Waals surface area contributed by atoms with Crippen LogP contribution in [0.5, 0.6) is 0 Å². The molecule has 142 valence electrons. The lowest BCUT2D eigenvalue weighted by atomic mass is 9.86. The molecule has 2 aliphatic rings. The van der Waals surface area contributed by atoms with Crippen LogP contribution in [0.4, 0.5) is 16.2 Å². The van der Waals surface area contributed by atoms with Crippen LogP contribution in [0.1, 0.15) is 25.7 Å². The Kier molecular flexibility index (Phi) is 6.53. The molecule has 1 saturated heterocycles. The smallest absolute Gasteiger partial charge is 0.319 e. The minimum absolute atomic E-state index is 0.0135. The summed E-state index contributed by atoms with van der Waals surface area (Å²) >= 11 is 8.06. The third kappa shape index (κ3) is 4.98. The van der Waals surface area contributed by atoms with Crippen LogP contribution in [0.15, 0.2) is 18.2 Å². The molecule has 0 atom stereocenters. The first-order valence-corrected chi connectivity index (χ1v) is 10.5. The molecular weight excluding hydrogens is 374 g/mol. The summed E-state index contributed by atoms with van der Waals surface area (Å²) in [5.74, 6) is 1.12. The van der Waals surface area contributed by atoms with E-state index in [1.807, 2.05) is 23.9 Å². The van der Waals surface area contributed by atoms with Gasteiger partial charge in [-0.25, -0.2) is 4.79 Å². The molecule has 1 aromatic carbocycles. The number of carboxylic acids is 1. The van der Waals surface area contributed by atoms with Gasteiger partial charge in [-0.3, -0.25) is 4.79 Å². The van der Waals surface area contributed by atoms with E-state index >= 15 is 0 Å².